The van der Waals surface area contributed by atoms with Gasteiger partial charge in [-0.05, 0) is 77.4 Å². The minimum absolute atomic E-state index is 0.0496. The first kappa shape index (κ1) is 26.7. The zero-order valence-corrected chi connectivity index (χ0v) is 22.5. The van der Waals surface area contributed by atoms with Crippen molar-refractivity contribution in [1.29, 1.82) is 0 Å². The number of rotatable bonds is 10. The smallest absolute Gasteiger partial charge is 0.306 e. The molecule has 2 heterocycles. The fourth-order valence-corrected chi connectivity index (χ4v) is 5.01. The molecule has 0 spiro atoms. The molecule has 0 saturated heterocycles. The van der Waals surface area contributed by atoms with Gasteiger partial charge in [0.25, 0.3) is 0 Å². The SMILES string of the molecule is CCN(CC)Cc1cc(C2CCc3ccc([C@H](C)[C@H](C)C(=O)O)cc3O2)ccc1-c1ccnc(OC)c1. The van der Waals surface area contributed by atoms with Crippen molar-refractivity contribution < 1.29 is 19.4 Å². The summed E-state index contributed by atoms with van der Waals surface area (Å²) in [7, 11) is 1.64. The number of aryl methyl sites for hydroxylation is 1. The van der Waals surface area contributed by atoms with Crippen LogP contribution in [0.4, 0.5) is 0 Å². The number of hydrogen-bond donors (Lipinski definition) is 1. The van der Waals surface area contributed by atoms with Gasteiger partial charge in [-0.3, -0.25) is 9.69 Å². The molecule has 0 saturated carbocycles. The second-order valence-corrected chi connectivity index (χ2v) is 9.89. The number of carbonyl (C=O) groups is 1. The van der Waals surface area contributed by atoms with Crippen LogP contribution in [0.5, 0.6) is 11.6 Å². The number of benzene rings is 2. The topological polar surface area (TPSA) is 71.9 Å². The number of pyridine rings is 1. The van der Waals surface area contributed by atoms with Crippen molar-refractivity contribution >= 4 is 5.97 Å². The van der Waals surface area contributed by atoms with Crippen molar-refractivity contribution in [1.82, 2.24) is 9.88 Å². The fraction of sp³-hybridized carbons (Fsp3) is 0.419. The average molecular weight is 503 g/mol. The first-order valence-corrected chi connectivity index (χ1v) is 13.2. The standard InChI is InChI=1S/C31H38N2O4/c1-6-33(7-2)19-26-16-25(10-12-27(26)24-14-15-32-30(18-24)36-5)28-13-11-22-8-9-23(17-29(22)37-28)20(3)21(4)31(34)35/h8-10,12,14-18,20-21,28H,6-7,11,13,19H2,1-5H3,(H,34,35)/t20-,21+,28?/m1/s1. The highest BCUT2D eigenvalue weighted by Crippen LogP contribution is 2.39. The quantitative estimate of drug-likeness (QED) is 0.342. The molecule has 3 aromatic rings. The second-order valence-electron chi connectivity index (χ2n) is 9.89. The molecule has 37 heavy (non-hydrogen) atoms. The third-order valence-electron chi connectivity index (χ3n) is 7.75. The highest BCUT2D eigenvalue weighted by Gasteiger charge is 2.26. The van der Waals surface area contributed by atoms with Crippen LogP contribution in [0, 0.1) is 5.92 Å². The van der Waals surface area contributed by atoms with Crippen LogP contribution in [-0.4, -0.2) is 41.2 Å². The zero-order valence-electron chi connectivity index (χ0n) is 22.5. The summed E-state index contributed by atoms with van der Waals surface area (Å²) in [4.78, 5) is 18.2. The second kappa shape index (κ2) is 11.8. The lowest BCUT2D eigenvalue weighted by Gasteiger charge is -2.29. The summed E-state index contributed by atoms with van der Waals surface area (Å²) in [5.74, 6) is 0.136. The Labute approximate surface area is 220 Å². The molecule has 0 amide bonds. The minimum Gasteiger partial charge on any atom is -0.485 e. The van der Waals surface area contributed by atoms with E-state index in [1.807, 2.05) is 31.2 Å². The molecule has 1 aliphatic heterocycles. The Kier molecular flexibility index (Phi) is 8.49. The molecule has 1 N–H and O–H groups in total. The van der Waals surface area contributed by atoms with E-state index in [2.05, 4.69) is 48.0 Å². The van der Waals surface area contributed by atoms with E-state index in [1.165, 1.54) is 16.7 Å². The first-order valence-electron chi connectivity index (χ1n) is 13.2. The van der Waals surface area contributed by atoms with E-state index in [0.29, 0.717) is 5.88 Å². The van der Waals surface area contributed by atoms with Gasteiger partial charge in [-0.2, -0.15) is 0 Å². The maximum Gasteiger partial charge on any atom is 0.306 e. The summed E-state index contributed by atoms with van der Waals surface area (Å²) in [6.07, 6.45) is 3.57. The molecule has 6 nitrogen and oxygen atoms in total. The zero-order chi connectivity index (χ0) is 26.5. The summed E-state index contributed by atoms with van der Waals surface area (Å²) >= 11 is 0. The molecular weight excluding hydrogens is 464 g/mol. The fourth-order valence-electron chi connectivity index (χ4n) is 5.01. The Bertz CT molecular complexity index is 1240. The number of methoxy groups -OCH3 is 1. The predicted octanol–water partition coefficient (Wildman–Crippen LogP) is 6.49. The van der Waals surface area contributed by atoms with Crippen molar-refractivity contribution in [3.63, 3.8) is 0 Å². The lowest BCUT2D eigenvalue weighted by atomic mass is 9.87. The highest BCUT2D eigenvalue weighted by atomic mass is 16.5. The van der Waals surface area contributed by atoms with Gasteiger partial charge in [-0.1, -0.05) is 58.0 Å². The molecule has 4 rings (SSSR count). The van der Waals surface area contributed by atoms with Gasteiger partial charge in [0.1, 0.15) is 11.9 Å². The van der Waals surface area contributed by atoms with Crippen molar-refractivity contribution in [2.75, 3.05) is 20.2 Å². The van der Waals surface area contributed by atoms with Gasteiger partial charge < -0.3 is 14.6 Å². The molecule has 196 valence electrons. The van der Waals surface area contributed by atoms with Crippen LogP contribution in [0.2, 0.25) is 0 Å². The largest absolute Gasteiger partial charge is 0.485 e. The van der Waals surface area contributed by atoms with E-state index in [0.717, 1.165) is 54.9 Å². The Balaban J connectivity index is 1.65. The van der Waals surface area contributed by atoms with Crippen molar-refractivity contribution in [2.24, 2.45) is 5.92 Å². The Morgan fingerprint density at radius 2 is 1.92 bits per heavy atom. The predicted molar refractivity (Wildman–Crippen MR) is 146 cm³/mol. The third-order valence-corrected chi connectivity index (χ3v) is 7.75. The maximum absolute atomic E-state index is 11.5. The summed E-state index contributed by atoms with van der Waals surface area (Å²) in [5, 5.41) is 9.46. The molecule has 2 aromatic carbocycles. The van der Waals surface area contributed by atoms with Crippen LogP contribution in [0.15, 0.2) is 54.7 Å². The van der Waals surface area contributed by atoms with Gasteiger partial charge in [-0.15, -0.1) is 0 Å². The molecule has 0 fully saturated rings. The number of aliphatic carboxylic acids is 1. The molecule has 1 unspecified atom stereocenters. The summed E-state index contributed by atoms with van der Waals surface area (Å²) in [6, 6.07) is 16.8. The Morgan fingerprint density at radius 3 is 2.62 bits per heavy atom. The van der Waals surface area contributed by atoms with E-state index >= 15 is 0 Å². The normalized spacial score (nSPS) is 16.5. The van der Waals surface area contributed by atoms with Crippen LogP contribution in [0.3, 0.4) is 0 Å². The van der Waals surface area contributed by atoms with Crippen molar-refractivity contribution in [2.45, 2.75) is 59.1 Å². The minimum atomic E-state index is -0.781. The molecule has 0 radical (unpaired) electrons. The van der Waals surface area contributed by atoms with Gasteiger partial charge >= 0.3 is 5.97 Å². The van der Waals surface area contributed by atoms with E-state index in [-0.39, 0.29) is 12.0 Å². The van der Waals surface area contributed by atoms with Gasteiger partial charge in [0.15, 0.2) is 0 Å². The monoisotopic (exact) mass is 502 g/mol. The van der Waals surface area contributed by atoms with Gasteiger partial charge in [0, 0.05) is 18.8 Å². The summed E-state index contributed by atoms with van der Waals surface area (Å²) in [6.45, 7) is 10.9. The molecular formula is C31H38N2O4. The first-order chi connectivity index (χ1) is 17.8. The van der Waals surface area contributed by atoms with Crippen LogP contribution in [0.1, 0.15) is 68.4 Å². The van der Waals surface area contributed by atoms with Crippen LogP contribution in [-0.2, 0) is 17.8 Å². The summed E-state index contributed by atoms with van der Waals surface area (Å²) < 4.78 is 11.9. The van der Waals surface area contributed by atoms with Crippen molar-refractivity contribution in [3.8, 4) is 22.8 Å². The number of carboxylic acid groups (broad SMARTS) is 1. The number of hydrogen-bond acceptors (Lipinski definition) is 5. The molecule has 6 heteroatoms. The van der Waals surface area contributed by atoms with Crippen LogP contribution < -0.4 is 9.47 Å². The Hall–Kier alpha value is -3.38. The van der Waals surface area contributed by atoms with E-state index < -0.39 is 11.9 Å². The van der Waals surface area contributed by atoms with Gasteiger partial charge in [0.05, 0.1) is 13.0 Å². The van der Waals surface area contributed by atoms with Crippen LogP contribution >= 0.6 is 0 Å². The third kappa shape index (κ3) is 5.96. The number of fused-ring (bicyclic) bond motifs is 1. The van der Waals surface area contributed by atoms with Crippen molar-refractivity contribution in [3.05, 3.63) is 77.0 Å². The van der Waals surface area contributed by atoms with Crippen LogP contribution in [0.25, 0.3) is 11.1 Å². The number of ether oxygens (including phenoxy) is 2. The number of aromatic nitrogens is 1. The maximum atomic E-state index is 11.5. The van der Waals surface area contributed by atoms with E-state index in [1.54, 1.807) is 20.2 Å². The average Bonchev–Trinajstić information content (AvgIpc) is 2.94. The molecule has 0 bridgehead atoms. The molecule has 1 aromatic heterocycles. The Morgan fingerprint density at radius 1 is 1.14 bits per heavy atom. The van der Waals surface area contributed by atoms with E-state index in [9.17, 15) is 9.90 Å². The lowest BCUT2D eigenvalue weighted by Crippen LogP contribution is -2.23. The number of carboxylic acids is 1. The van der Waals surface area contributed by atoms with Gasteiger partial charge in [-0.25, -0.2) is 4.98 Å². The molecule has 1 aliphatic rings. The molecule has 3 atom stereocenters. The van der Waals surface area contributed by atoms with Gasteiger partial charge in [0.2, 0.25) is 5.88 Å². The number of nitrogens with zero attached hydrogens (tertiary/aromatic N) is 2. The highest BCUT2D eigenvalue weighted by molar-refractivity contribution is 5.71. The lowest BCUT2D eigenvalue weighted by molar-refractivity contribution is -0.141. The van der Waals surface area contributed by atoms with E-state index in [4.69, 9.17) is 9.47 Å². The summed E-state index contributed by atoms with van der Waals surface area (Å²) in [5.41, 5.74) is 6.85. The molecule has 0 aliphatic carbocycles.